The van der Waals surface area contributed by atoms with Gasteiger partial charge in [0.05, 0.1) is 12.2 Å². The van der Waals surface area contributed by atoms with Gasteiger partial charge in [-0.2, -0.15) is 0 Å². The minimum atomic E-state index is 0.233. The van der Waals surface area contributed by atoms with Crippen molar-refractivity contribution < 1.29 is 4.79 Å². The first kappa shape index (κ1) is 15.8. The molecule has 0 spiro atoms. The third kappa shape index (κ3) is 3.47. The fourth-order valence-corrected chi connectivity index (χ4v) is 4.47. The molecule has 1 aromatic rings. The lowest BCUT2D eigenvalue weighted by atomic mass is 9.99. The highest BCUT2D eigenvalue weighted by molar-refractivity contribution is 7.99. The van der Waals surface area contributed by atoms with Gasteiger partial charge in [-0.3, -0.25) is 9.69 Å². The molecule has 2 heterocycles. The summed E-state index contributed by atoms with van der Waals surface area (Å²) < 4.78 is 0. The van der Waals surface area contributed by atoms with Crippen molar-refractivity contribution in [3.05, 3.63) is 24.3 Å². The summed E-state index contributed by atoms with van der Waals surface area (Å²) in [5.41, 5.74) is 6.81. The highest BCUT2D eigenvalue weighted by atomic mass is 32.2. The van der Waals surface area contributed by atoms with Crippen LogP contribution in [0.1, 0.15) is 25.7 Å². The molecule has 0 aliphatic carbocycles. The van der Waals surface area contributed by atoms with Crippen molar-refractivity contribution in [1.82, 2.24) is 4.90 Å². The van der Waals surface area contributed by atoms with Crippen LogP contribution >= 0.6 is 11.8 Å². The van der Waals surface area contributed by atoms with Gasteiger partial charge in [0.25, 0.3) is 0 Å². The Morgan fingerprint density at radius 2 is 2.14 bits per heavy atom. The van der Waals surface area contributed by atoms with Crippen molar-refractivity contribution in [2.75, 3.05) is 36.8 Å². The molecule has 2 N–H and O–H groups in total. The molecule has 1 atom stereocenters. The predicted molar refractivity (Wildman–Crippen MR) is 92.4 cm³/mol. The SMILES string of the molecule is NCCC1CCCCN1CC(=O)N1CCSc2ccccc21. The lowest BCUT2D eigenvalue weighted by molar-refractivity contribution is -0.120. The Labute approximate surface area is 137 Å². The Morgan fingerprint density at radius 3 is 3.00 bits per heavy atom. The van der Waals surface area contributed by atoms with Gasteiger partial charge in [0.15, 0.2) is 0 Å². The molecular weight excluding hydrogens is 294 g/mol. The summed E-state index contributed by atoms with van der Waals surface area (Å²) in [6, 6.07) is 8.71. The average Bonchev–Trinajstić information content (AvgIpc) is 2.56. The average molecular weight is 319 g/mol. The number of thioether (sulfide) groups is 1. The number of amides is 1. The van der Waals surface area contributed by atoms with Crippen LogP contribution in [0.3, 0.4) is 0 Å². The standard InChI is InChI=1S/C17H25N3OS/c18-9-8-14-5-3-4-10-19(14)13-17(21)20-11-12-22-16-7-2-1-6-15(16)20/h1-2,6-7,14H,3-5,8-13,18H2. The predicted octanol–water partition coefficient (Wildman–Crippen LogP) is 2.33. The summed E-state index contributed by atoms with van der Waals surface area (Å²) in [4.78, 5) is 18.4. The lowest BCUT2D eigenvalue weighted by Crippen LogP contribution is -2.48. The van der Waals surface area contributed by atoms with E-state index >= 15 is 0 Å². The molecular formula is C17H25N3OS. The van der Waals surface area contributed by atoms with Crippen LogP contribution in [-0.2, 0) is 4.79 Å². The number of benzene rings is 1. The van der Waals surface area contributed by atoms with Crippen LogP contribution in [-0.4, -0.2) is 48.8 Å². The van der Waals surface area contributed by atoms with Crippen LogP contribution in [0.5, 0.6) is 0 Å². The zero-order valence-corrected chi connectivity index (χ0v) is 13.9. The molecule has 4 nitrogen and oxygen atoms in total. The van der Waals surface area contributed by atoms with Crippen molar-refractivity contribution in [3.63, 3.8) is 0 Å². The minimum Gasteiger partial charge on any atom is -0.330 e. The van der Waals surface area contributed by atoms with E-state index in [2.05, 4.69) is 17.0 Å². The van der Waals surface area contributed by atoms with Crippen molar-refractivity contribution in [2.24, 2.45) is 5.73 Å². The number of carbonyl (C=O) groups excluding carboxylic acids is 1. The van der Waals surface area contributed by atoms with E-state index in [0.717, 1.165) is 31.0 Å². The van der Waals surface area contributed by atoms with Gasteiger partial charge in [-0.1, -0.05) is 18.6 Å². The van der Waals surface area contributed by atoms with Crippen LogP contribution in [0.15, 0.2) is 29.2 Å². The van der Waals surface area contributed by atoms with Crippen LogP contribution in [0.25, 0.3) is 0 Å². The first-order valence-corrected chi connectivity index (χ1v) is 9.24. The minimum absolute atomic E-state index is 0.233. The Kier molecular flexibility index (Phi) is 5.39. The molecule has 120 valence electrons. The summed E-state index contributed by atoms with van der Waals surface area (Å²) in [5.74, 6) is 1.21. The summed E-state index contributed by atoms with van der Waals surface area (Å²) in [6.07, 6.45) is 4.63. The molecule has 2 aliphatic rings. The maximum Gasteiger partial charge on any atom is 0.241 e. The number of hydrogen-bond donors (Lipinski definition) is 1. The topological polar surface area (TPSA) is 49.6 Å². The van der Waals surface area contributed by atoms with E-state index in [1.807, 2.05) is 28.8 Å². The Bertz CT molecular complexity index is 520. The molecule has 0 aromatic heterocycles. The highest BCUT2D eigenvalue weighted by Gasteiger charge is 2.28. The van der Waals surface area contributed by atoms with E-state index in [1.54, 1.807) is 0 Å². The number of nitrogens with two attached hydrogens (primary N) is 1. The van der Waals surface area contributed by atoms with Gasteiger partial charge in [0.1, 0.15) is 0 Å². The van der Waals surface area contributed by atoms with E-state index in [9.17, 15) is 4.79 Å². The maximum atomic E-state index is 12.8. The molecule has 1 saturated heterocycles. The number of para-hydroxylation sites is 1. The molecule has 0 bridgehead atoms. The second-order valence-corrected chi connectivity index (χ2v) is 7.20. The number of rotatable bonds is 4. The molecule has 3 rings (SSSR count). The second kappa shape index (κ2) is 7.49. The largest absolute Gasteiger partial charge is 0.330 e. The van der Waals surface area contributed by atoms with E-state index < -0.39 is 0 Å². The van der Waals surface area contributed by atoms with Crippen molar-refractivity contribution in [2.45, 2.75) is 36.6 Å². The van der Waals surface area contributed by atoms with Crippen LogP contribution in [0, 0.1) is 0 Å². The lowest BCUT2D eigenvalue weighted by Gasteiger charge is -2.37. The van der Waals surface area contributed by atoms with Gasteiger partial charge in [-0.25, -0.2) is 0 Å². The zero-order valence-electron chi connectivity index (χ0n) is 13.0. The van der Waals surface area contributed by atoms with Crippen molar-refractivity contribution in [1.29, 1.82) is 0 Å². The van der Waals surface area contributed by atoms with Crippen LogP contribution in [0.2, 0.25) is 0 Å². The molecule has 0 radical (unpaired) electrons. The highest BCUT2D eigenvalue weighted by Crippen LogP contribution is 2.34. The number of nitrogens with zero attached hydrogens (tertiary/aromatic N) is 2. The zero-order chi connectivity index (χ0) is 15.4. The first-order valence-electron chi connectivity index (χ1n) is 8.26. The van der Waals surface area contributed by atoms with Gasteiger partial charge in [0, 0.05) is 23.2 Å². The third-order valence-corrected chi connectivity index (χ3v) is 5.66. The summed E-state index contributed by atoms with van der Waals surface area (Å²) in [6.45, 7) is 3.08. The number of likely N-dealkylation sites (tertiary alicyclic amines) is 1. The summed E-state index contributed by atoms with van der Waals surface area (Å²) >= 11 is 1.84. The summed E-state index contributed by atoms with van der Waals surface area (Å²) in [7, 11) is 0. The van der Waals surface area contributed by atoms with E-state index in [-0.39, 0.29) is 5.91 Å². The van der Waals surface area contributed by atoms with Gasteiger partial charge in [-0.15, -0.1) is 11.8 Å². The monoisotopic (exact) mass is 319 g/mol. The number of carbonyl (C=O) groups is 1. The Balaban J connectivity index is 1.69. The van der Waals surface area contributed by atoms with Gasteiger partial charge < -0.3 is 10.6 Å². The molecule has 1 aromatic carbocycles. The quantitative estimate of drug-likeness (QED) is 0.925. The summed E-state index contributed by atoms with van der Waals surface area (Å²) in [5, 5.41) is 0. The Morgan fingerprint density at radius 1 is 1.27 bits per heavy atom. The molecule has 1 fully saturated rings. The van der Waals surface area contributed by atoms with E-state index in [1.165, 1.54) is 24.2 Å². The van der Waals surface area contributed by atoms with Crippen LogP contribution < -0.4 is 10.6 Å². The fraction of sp³-hybridized carbons (Fsp3) is 0.588. The second-order valence-electron chi connectivity index (χ2n) is 6.06. The van der Waals surface area contributed by atoms with Gasteiger partial charge in [0.2, 0.25) is 5.91 Å². The number of hydrogen-bond acceptors (Lipinski definition) is 4. The third-order valence-electron chi connectivity index (χ3n) is 4.62. The molecule has 0 saturated carbocycles. The van der Waals surface area contributed by atoms with Gasteiger partial charge in [-0.05, 0) is 44.5 Å². The smallest absolute Gasteiger partial charge is 0.241 e. The maximum absolute atomic E-state index is 12.8. The first-order chi connectivity index (χ1) is 10.8. The number of anilines is 1. The molecule has 5 heteroatoms. The Hall–Kier alpha value is -1.04. The van der Waals surface area contributed by atoms with Gasteiger partial charge >= 0.3 is 0 Å². The molecule has 1 unspecified atom stereocenters. The molecule has 2 aliphatic heterocycles. The normalized spacial score (nSPS) is 22.4. The van der Waals surface area contributed by atoms with Crippen molar-refractivity contribution in [3.8, 4) is 0 Å². The van der Waals surface area contributed by atoms with Crippen LogP contribution in [0.4, 0.5) is 5.69 Å². The van der Waals surface area contributed by atoms with E-state index in [0.29, 0.717) is 19.1 Å². The van der Waals surface area contributed by atoms with Crippen molar-refractivity contribution >= 4 is 23.4 Å². The van der Waals surface area contributed by atoms with E-state index in [4.69, 9.17) is 5.73 Å². The molecule has 22 heavy (non-hydrogen) atoms. The number of fused-ring (bicyclic) bond motifs is 1. The fourth-order valence-electron chi connectivity index (χ4n) is 3.48. The number of piperidine rings is 1. The molecule has 1 amide bonds.